The van der Waals surface area contributed by atoms with Gasteiger partial charge in [-0.05, 0) is 24.3 Å². The molecule has 146 valence electrons. The van der Waals surface area contributed by atoms with Gasteiger partial charge in [0.15, 0.2) is 0 Å². The van der Waals surface area contributed by atoms with E-state index in [0.29, 0.717) is 6.07 Å². The third kappa shape index (κ3) is 6.65. The third-order valence-electron chi connectivity index (χ3n) is 2.87. The molecule has 0 spiro atoms. The van der Waals surface area contributed by atoms with Crippen LogP contribution in [0.1, 0.15) is 28.9 Å². The molecule has 0 heterocycles. The molecule has 0 fully saturated rings. The van der Waals surface area contributed by atoms with E-state index in [0.717, 1.165) is 24.3 Å². The van der Waals surface area contributed by atoms with Gasteiger partial charge in [0.05, 0.1) is 22.1 Å². The Balaban J connectivity index is 0.000000607. The summed E-state index contributed by atoms with van der Waals surface area (Å²) >= 11 is 0. The first-order valence-corrected chi connectivity index (χ1v) is 6.64. The number of amides is 2. The summed E-state index contributed by atoms with van der Waals surface area (Å²) < 4.78 is 67.1. The first kappa shape index (κ1) is 15.1. The zero-order chi connectivity index (χ0) is 24.9. The predicted octanol–water partition coefficient (Wildman–Crippen LogP) is 1.86. The molecule has 0 bridgehead atoms. The van der Waals surface area contributed by atoms with E-state index in [1.165, 1.54) is 6.07 Å². The minimum absolute atomic E-state index is 0. The average Bonchev–Trinajstić information content (AvgIpc) is 2.58. The first-order valence-electron chi connectivity index (χ1n) is 9.64. The van der Waals surface area contributed by atoms with Crippen LogP contribution in [0, 0.1) is 21.7 Å². The van der Waals surface area contributed by atoms with Crippen LogP contribution >= 0.6 is 0 Å². The van der Waals surface area contributed by atoms with Crippen molar-refractivity contribution < 1.29 is 48.6 Å². The van der Waals surface area contributed by atoms with Crippen LogP contribution in [0.2, 0.25) is 0 Å². The number of anilines is 1. The Labute approximate surface area is 172 Å². The normalized spacial score (nSPS) is 13.4. The Kier molecular flexibility index (Phi) is 6.05. The molecule has 2 amide bonds. The second-order valence-electron chi connectivity index (χ2n) is 4.57. The van der Waals surface area contributed by atoms with E-state index in [2.05, 4.69) is 0 Å². The third-order valence-corrected chi connectivity index (χ3v) is 2.87. The largest absolute Gasteiger partial charge is 0.399 e. The number of nitro benzene ring substituents is 1. The molecule has 4 N–H and O–H groups in total. The molecule has 2 aromatic rings. The van der Waals surface area contributed by atoms with Gasteiger partial charge in [0, 0.05) is 51.0 Å². The minimum atomic E-state index is -2.74. The van der Waals surface area contributed by atoms with Crippen LogP contribution in [0.3, 0.4) is 0 Å². The molecule has 0 saturated heterocycles. The van der Waals surface area contributed by atoms with E-state index < -0.39 is 53.6 Å². The second-order valence-corrected chi connectivity index (χ2v) is 4.57. The van der Waals surface area contributed by atoms with Crippen molar-refractivity contribution in [3.8, 4) is 0 Å². The minimum Gasteiger partial charge on any atom is -0.399 e. The van der Waals surface area contributed by atoms with Gasteiger partial charge in [0.25, 0.3) is 17.5 Å². The molecule has 0 aromatic heterocycles. The zero-order valence-electron chi connectivity index (χ0n) is 19.2. The quantitative estimate of drug-likeness (QED) is 0.298. The molecule has 0 aliphatic heterocycles. The van der Waals surface area contributed by atoms with E-state index in [9.17, 15) is 28.5 Å². The van der Waals surface area contributed by atoms with Gasteiger partial charge in [-0.15, -0.1) is 0 Å². The molecule has 0 unspecified atom stereocenters. The Hall–Kier alpha value is -3.04. The van der Waals surface area contributed by atoms with Gasteiger partial charge in [-0.3, -0.25) is 19.7 Å². The number of rotatable bonds is 3. The molecular formula is C16H16F2FeN4O4. The Morgan fingerprint density at radius 3 is 1.93 bits per heavy atom. The van der Waals surface area contributed by atoms with Crippen LogP contribution in [0.25, 0.3) is 0 Å². The van der Waals surface area contributed by atoms with Crippen LogP contribution < -0.4 is 16.4 Å². The average molecular weight is 428 g/mol. The van der Waals surface area contributed by atoms with Gasteiger partial charge < -0.3 is 16.4 Å². The fraction of sp³-hybridized carbons (Fsp3) is 0.125. The monoisotopic (exact) mass is 428 g/mol. The maximum atomic E-state index is 13.3. The maximum Gasteiger partial charge on any atom is 0.272 e. The fourth-order valence-electron chi connectivity index (χ4n) is 1.65. The van der Waals surface area contributed by atoms with Crippen LogP contribution in [0.4, 0.5) is 20.2 Å². The summed E-state index contributed by atoms with van der Waals surface area (Å²) in [5, 5.41) is 13.6. The van der Waals surface area contributed by atoms with E-state index in [1.54, 1.807) is 10.6 Å². The van der Waals surface area contributed by atoms with Crippen molar-refractivity contribution in [2.45, 2.75) is 0 Å². The first-order chi connectivity index (χ1) is 14.5. The van der Waals surface area contributed by atoms with Crippen molar-refractivity contribution in [1.82, 2.24) is 10.6 Å². The molecule has 0 atom stereocenters. The standard InChI is InChI=1S/C8H7FN2O3.C8H9FN2O.Fe/c1-10-8(12)6-3-2-5(11(13)14)4-7(6)9;1-11-8(12)6-3-2-5(10)4-7(6)9;/h2-4H,1H3,(H,10,12);2-4H,10H2,1H3,(H,11,12);/i2*1D3;. The second kappa shape index (κ2) is 10.8. The molecule has 2 rings (SSSR count). The van der Waals surface area contributed by atoms with Crippen LogP contribution in [-0.2, 0) is 17.1 Å². The molecule has 11 heteroatoms. The number of hydrogen-bond acceptors (Lipinski definition) is 5. The van der Waals surface area contributed by atoms with Crippen molar-refractivity contribution >= 4 is 23.2 Å². The molecule has 0 aliphatic carbocycles. The van der Waals surface area contributed by atoms with E-state index in [-0.39, 0.29) is 28.3 Å². The predicted molar refractivity (Wildman–Crippen MR) is 90.6 cm³/mol. The summed E-state index contributed by atoms with van der Waals surface area (Å²) in [6, 6.07) is 5.72. The summed E-state index contributed by atoms with van der Waals surface area (Å²) in [7, 11) is 0. The molecule has 2 aromatic carbocycles. The number of benzene rings is 2. The molecule has 8 nitrogen and oxygen atoms in total. The van der Waals surface area contributed by atoms with Crippen LogP contribution in [-0.4, -0.2) is 30.7 Å². The van der Waals surface area contributed by atoms with E-state index >= 15 is 0 Å². The van der Waals surface area contributed by atoms with Gasteiger partial charge in [-0.2, -0.15) is 0 Å². The molecule has 27 heavy (non-hydrogen) atoms. The topological polar surface area (TPSA) is 127 Å². The van der Waals surface area contributed by atoms with Gasteiger partial charge in [-0.1, -0.05) is 0 Å². The molecule has 0 aliphatic rings. The fourth-order valence-corrected chi connectivity index (χ4v) is 1.65. The number of hydrogen-bond donors (Lipinski definition) is 3. The summed E-state index contributed by atoms with van der Waals surface area (Å²) in [5.41, 5.74) is 4.01. The Bertz CT molecular complexity index is 1040. The van der Waals surface area contributed by atoms with Crippen molar-refractivity contribution in [3.05, 3.63) is 69.3 Å². The number of nitrogen functional groups attached to an aromatic ring is 1. The number of nitro groups is 1. The number of non-ortho nitro benzene ring substituents is 1. The van der Waals surface area contributed by atoms with Crippen molar-refractivity contribution in [2.24, 2.45) is 0 Å². The number of nitrogens with zero attached hydrogens (tertiary/aromatic N) is 1. The van der Waals surface area contributed by atoms with Crippen molar-refractivity contribution in [1.29, 1.82) is 0 Å². The Morgan fingerprint density at radius 1 is 1.04 bits per heavy atom. The maximum absolute atomic E-state index is 13.3. The summed E-state index contributed by atoms with van der Waals surface area (Å²) in [6.45, 7) is -5.38. The Morgan fingerprint density at radius 2 is 1.52 bits per heavy atom. The smallest absolute Gasteiger partial charge is 0.272 e. The van der Waals surface area contributed by atoms with Crippen molar-refractivity contribution in [3.63, 3.8) is 0 Å². The van der Waals surface area contributed by atoms with Crippen LogP contribution in [0.15, 0.2) is 36.4 Å². The summed E-state index contributed by atoms with van der Waals surface area (Å²) in [4.78, 5) is 32.0. The number of carbonyl (C=O) groups is 2. The molecule has 0 radical (unpaired) electrons. The van der Waals surface area contributed by atoms with Crippen LogP contribution in [0.5, 0.6) is 0 Å². The van der Waals surface area contributed by atoms with Gasteiger partial charge in [-0.25, -0.2) is 8.78 Å². The number of nitrogens with two attached hydrogens (primary N) is 1. The molecule has 0 saturated carbocycles. The van der Waals surface area contributed by atoms with Gasteiger partial charge in [0.2, 0.25) is 0 Å². The number of carbonyl (C=O) groups excluding carboxylic acids is 2. The van der Waals surface area contributed by atoms with Crippen molar-refractivity contribution in [2.75, 3.05) is 19.7 Å². The van der Waals surface area contributed by atoms with Gasteiger partial charge >= 0.3 is 0 Å². The number of halogens is 2. The number of nitrogens with one attached hydrogen (secondary N) is 2. The molecular weight excluding hydrogens is 406 g/mol. The van der Waals surface area contributed by atoms with E-state index in [1.807, 2.05) is 0 Å². The van der Waals surface area contributed by atoms with Gasteiger partial charge in [0.1, 0.15) is 11.6 Å². The zero-order valence-corrected chi connectivity index (χ0v) is 14.3. The SMILES string of the molecule is [2H]C([2H])([2H])NC(=O)c1ccc(N)cc1F.[2H]C([2H])([2H])NC(=O)c1ccc([N+](=O)[O-])cc1F.[Fe]. The summed E-state index contributed by atoms with van der Waals surface area (Å²) in [6.07, 6.45) is 0. The van der Waals surface area contributed by atoms with E-state index in [4.69, 9.17) is 14.0 Å². The summed E-state index contributed by atoms with van der Waals surface area (Å²) in [5.74, 6) is -4.15.